The van der Waals surface area contributed by atoms with Crippen LogP contribution in [0.5, 0.6) is 0 Å². The summed E-state index contributed by atoms with van der Waals surface area (Å²) in [5.74, 6) is -0.609. The summed E-state index contributed by atoms with van der Waals surface area (Å²) in [5, 5.41) is 2.75. The second-order valence-corrected chi connectivity index (χ2v) is 7.15. The average molecular weight is 396 g/mol. The van der Waals surface area contributed by atoms with Crippen LogP contribution in [0.25, 0.3) is 0 Å². The molecule has 7 heteroatoms. The van der Waals surface area contributed by atoms with Gasteiger partial charge in [0.15, 0.2) is 6.73 Å². The molecule has 0 aliphatic carbocycles. The van der Waals surface area contributed by atoms with Crippen LogP contribution < -0.4 is 5.32 Å². The van der Waals surface area contributed by atoms with E-state index >= 15 is 0 Å². The van der Waals surface area contributed by atoms with Crippen LogP contribution >= 0.6 is 0 Å². The highest BCUT2D eigenvalue weighted by Gasteiger charge is 2.40. The van der Waals surface area contributed by atoms with Crippen molar-refractivity contribution < 1.29 is 23.9 Å². The number of carbonyl (C=O) groups is 3. The lowest BCUT2D eigenvalue weighted by molar-refractivity contribution is -0.140. The van der Waals surface area contributed by atoms with E-state index in [-0.39, 0.29) is 25.7 Å². The molecule has 1 fully saturated rings. The van der Waals surface area contributed by atoms with Crippen LogP contribution in [0, 0.1) is 0 Å². The minimum absolute atomic E-state index is 0.0749. The van der Waals surface area contributed by atoms with Crippen molar-refractivity contribution in [3.05, 3.63) is 65.7 Å². The van der Waals surface area contributed by atoms with E-state index in [4.69, 9.17) is 9.47 Å². The van der Waals surface area contributed by atoms with Gasteiger partial charge in [0.05, 0.1) is 6.42 Å². The topological polar surface area (TPSA) is 84.9 Å². The fourth-order valence-electron chi connectivity index (χ4n) is 2.96. The first-order valence-corrected chi connectivity index (χ1v) is 9.48. The summed E-state index contributed by atoms with van der Waals surface area (Å²) in [7, 11) is 0. The quantitative estimate of drug-likeness (QED) is 0.753. The largest absolute Gasteiger partial charge is 0.444 e. The van der Waals surface area contributed by atoms with Gasteiger partial charge < -0.3 is 14.8 Å². The standard InChI is InChI=1S/C22H24N2O5/c1-15(2)17-8-10-18(11-9-17)23-20(25)12-19-21(26)29-14-24(19)22(27)28-13-16-6-4-3-5-7-16/h3-11,15,19H,12-14H2,1-2H3,(H,23,25)/t19-/m1/s1. The molecule has 1 heterocycles. The molecule has 1 aliphatic rings. The molecular weight excluding hydrogens is 372 g/mol. The predicted octanol–water partition coefficient (Wildman–Crippen LogP) is 3.66. The molecule has 29 heavy (non-hydrogen) atoms. The Morgan fingerprint density at radius 2 is 1.83 bits per heavy atom. The lowest BCUT2D eigenvalue weighted by Gasteiger charge is -2.19. The van der Waals surface area contributed by atoms with Crippen LogP contribution in [-0.2, 0) is 25.7 Å². The van der Waals surface area contributed by atoms with E-state index in [1.165, 1.54) is 0 Å². The van der Waals surface area contributed by atoms with Gasteiger partial charge in [-0.05, 0) is 29.2 Å². The molecule has 2 amide bonds. The van der Waals surface area contributed by atoms with E-state index in [0.717, 1.165) is 16.0 Å². The highest BCUT2D eigenvalue weighted by Crippen LogP contribution is 2.20. The SMILES string of the molecule is CC(C)c1ccc(NC(=O)C[C@@H]2C(=O)OCN2C(=O)OCc2ccccc2)cc1. The number of ether oxygens (including phenoxy) is 2. The molecule has 1 N–H and O–H groups in total. The summed E-state index contributed by atoms with van der Waals surface area (Å²) in [6.07, 6.45) is -0.899. The zero-order valence-electron chi connectivity index (χ0n) is 16.5. The number of nitrogens with zero attached hydrogens (tertiary/aromatic N) is 1. The molecule has 3 rings (SSSR count). The van der Waals surface area contributed by atoms with Gasteiger partial charge in [-0.1, -0.05) is 56.3 Å². The highest BCUT2D eigenvalue weighted by molar-refractivity contribution is 5.96. The van der Waals surface area contributed by atoms with Gasteiger partial charge in [0.2, 0.25) is 5.91 Å². The van der Waals surface area contributed by atoms with E-state index in [1.807, 2.05) is 54.6 Å². The number of amides is 2. The molecule has 0 saturated carbocycles. The summed E-state index contributed by atoms with van der Waals surface area (Å²) in [6.45, 7) is 4.02. The Bertz CT molecular complexity index is 865. The van der Waals surface area contributed by atoms with Crippen molar-refractivity contribution in [1.29, 1.82) is 0 Å². The molecular formula is C22H24N2O5. The first-order chi connectivity index (χ1) is 13.9. The van der Waals surface area contributed by atoms with Crippen molar-refractivity contribution >= 4 is 23.7 Å². The summed E-state index contributed by atoms with van der Waals surface area (Å²) in [4.78, 5) is 37.9. The molecule has 0 unspecified atom stereocenters. The number of benzene rings is 2. The minimum atomic E-state index is -1.01. The molecule has 0 aromatic heterocycles. The fourth-order valence-corrected chi connectivity index (χ4v) is 2.96. The summed E-state index contributed by atoms with van der Waals surface area (Å²) >= 11 is 0. The van der Waals surface area contributed by atoms with E-state index < -0.39 is 18.1 Å². The second kappa shape index (κ2) is 9.23. The Labute approximate surface area is 169 Å². The molecule has 0 spiro atoms. The molecule has 7 nitrogen and oxygen atoms in total. The molecule has 152 valence electrons. The third kappa shape index (κ3) is 5.34. The Balaban J connectivity index is 1.56. The number of rotatable bonds is 6. The molecule has 1 atom stereocenters. The van der Waals surface area contributed by atoms with E-state index in [2.05, 4.69) is 19.2 Å². The zero-order valence-corrected chi connectivity index (χ0v) is 16.5. The lowest BCUT2D eigenvalue weighted by atomic mass is 10.0. The van der Waals surface area contributed by atoms with Gasteiger partial charge in [-0.3, -0.25) is 9.69 Å². The van der Waals surface area contributed by atoms with Gasteiger partial charge >= 0.3 is 12.1 Å². The van der Waals surface area contributed by atoms with E-state index in [0.29, 0.717) is 11.6 Å². The zero-order chi connectivity index (χ0) is 20.8. The lowest BCUT2D eigenvalue weighted by Crippen LogP contribution is -2.40. The Hall–Kier alpha value is -3.35. The first-order valence-electron chi connectivity index (χ1n) is 9.48. The van der Waals surface area contributed by atoms with Crippen LogP contribution in [-0.4, -0.2) is 35.6 Å². The smallest absolute Gasteiger partial charge is 0.413 e. The normalized spacial score (nSPS) is 15.9. The van der Waals surface area contributed by atoms with Gasteiger partial charge in [-0.25, -0.2) is 9.59 Å². The van der Waals surface area contributed by atoms with Crippen molar-refractivity contribution in [2.75, 3.05) is 12.0 Å². The highest BCUT2D eigenvalue weighted by atomic mass is 16.6. The van der Waals surface area contributed by atoms with Crippen molar-refractivity contribution in [1.82, 2.24) is 4.90 Å². The van der Waals surface area contributed by atoms with Crippen LogP contribution in [0.1, 0.15) is 37.3 Å². The monoisotopic (exact) mass is 396 g/mol. The van der Waals surface area contributed by atoms with Gasteiger partial charge in [0.1, 0.15) is 12.6 Å². The van der Waals surface area contributed by atoms with Crippen molar-refractivity contribution in [2.24, 2.45) is 0 Å². The predicted molar refractivity (Wildman–Crippen MR) is 107 cm³/mol. The van der Waals surface area contributed by atoms with Crippen molar-refractivity contribution in [2.45, 2.75) is 38.8 Å². The van der Waals surface area contributed by atoms with Crippen LogP contribution in [0.2, 0.25) is 0 Å². The Kier molecular flexibility index (Phi) is 6.49. The number of hydrogen-bond donors (Lipinski definition) is 1. The number of anilines is 1. The third-order valence-electron chi connectivity index (χ3n) is 4.67. The van der Waals surface area contributed by atoms with Crippen molar-refractivity contribution in [3.63, 3.8) is 0 Å². The maximum absolute atomic E-state index is 12.4. The number of nitrogens with one attached hydrogen (secondary N) is 1. The maximum atomic E-state index is 12.4. The van der Waals surface area contributed by atoms with E-state index in [9.17, 15) is 14.4 Å². The second-order valence-electron chi connectivity index (χ2n) is 7.15. The summed E-state index contributed by atoms with van der Waals surface area (Å²) in [5.41, 5.74) is 2.62. The van der Waals surface area contributed by atoms with Gasteiger partial charge in [0.25, 0.3) is 0 Å². The maximum Gasteiger partial charge on any atom is 0.413 e. The van der Waals surface area contributed by atoms with Gasteiger partial charge in [-0.15, -0.1) is 0 Å². The molecule has 1 saturated heterocycles. The number of hydrogen-bond acceptors (Lipinski definition) is 5. The average Bonchev–Trinajstić information content (AvgIpc) is 3.07. The van der Waals surface area contributed by atoms with Crippen LogP contribution in [0.3, 0.4) is 0 Å². The van der Waals surface area contributed by atoms with E-state index in [1.54, 1.807) is 0 Å². The van der Waals surface area contributed by atoms with Crippen molar-refractivity contribution in [3.8, 4) is 0 Å². The van der Waals surface area contributed by atoms with Gasteiger partial charge in [-0.2, -0.15) is 0 Å². The number of carbonyl (C=O) groups excluding carboxylic acids is 3. The summed E-state index contributed by atoms with van der Waals surface area (Å²) in [6, 6.07) is 15.7. The molecule has 1 aliphatic heterocycles. The van der Waals surface area contributed by atoms with Crippen LogP contribution in [0.15, 0.2) is 54.6 Å². The Morgan fingerprint density at radius 3 is 2.48 bits per heavy atom. The van der Waals surface area contributed by atoms with Crippen LogP contribution in [0.4, 0.5) is 10.5 Å². The van der Waals surface area contributed by atoms with Gasteiger partial charge in [0, 0.05) is 5.69 Å². The number of esters is 1. The summed E-state index contributed by atoms with van der Waals surface area (Å²) < 4.78 is 10.2. The molecule has 2 aromatic rings. The molecule has 2 aromatic carbocycles. The third-order valence-corrected chi connectivity index (χ3v) is 4.67. The fraction of sp³-hybridized carbons (Fsp3) is 0.318. The molecule has 0 bridgehead atoms. The Morgan fingerprint density at radius 1 is 1.14 bits per heavy atom. The minimum Gasteiger partial charge on any atom is -0.444 e. The molecule has 0 radical (unpaired) electrons. The first kappa shape index (κ1) is 20.4. The number of cyclic esters (lactones) is 1.